The minimum Gasteiger partial charge on any atom is -0.361 e. The van der Waals surface area contributed by atoms with Gasteiger partial charge in [-0.25, -0.2) is 4.98 Å². The average Bonchev–Trinajstić information content (AvgIpc) is 3.09. The van der Waals surface area contributed by atoms with Gasteiger partial charge in [-0.15, -0.1) is 0 Å². The van der Waals surface area contributed by atoms with Crippen LogP contribution in [0.15, 0.2) is 36.7 Å². The number of rotatable bonds is 4. The number of nitro benzene ring substituents is 1. The first kappa shape index (κ1) is 13.6. The van der Waals surface area contributed by atoms with Gasteiger partial charge < -0.3 is 9.47 Å². The van der Waals surface area contributed by atoms with E-state index in [1.165, 1.54) is 0 Å². The van der Waals surface area contributed by atoms with E-state index < -0.39 is 0 Å². The molecule has 6 nitrogen and oxygen atoms in total. The third-order valence-corrected chi connectivity index (χ3v) is 4.10. The van der Waals surface area contributed by atoms with Gasteiger partial charge >= 0.3 is 0 Å². The van der Waals surface area contributed by atoms with E-state index in [1.807, 2.05) is 25.3 Å². The fourth-order valence-corrected chi connectivity index (χ4v) is 3.03. The van der Waals surface area contributed by atoms with Crippen molar-refractivity contribution in [2.75, 3.05) is 11.4 Å². The molecule has 1 saturated heterocycles. The van der Waals surface area contributed by atoms with Crippen molar-refractivity contribution >= 4 is 11.4 Å². The smallest absolute Gasteiger partial charge is 0.292 e. The minimum absolute atomic E-state index is 0.187. The zero-order chi connectivity index (χ0) is 14.8. The number of anilines is 1. The molecule has 0 aliphatic carbocycles. The zero-order valence-corrected chi connectivity index (χ0v) is 12.0. The lowest BCUT2D eigenvalue weighted by Crippen LogP contribution is -2.33. The normalized spacial score (nSPS) is 18.1. The summed E-state index contributed by atoms with van der Waals surface area (Å²) in [6, 6.07) is 7.27. The molecule has 2 aromatic rings. The highest BCUT2D eigenvalue weighted by Crippen LogP contribution is 2.33. The van der Waals surface area contributed by atoms with Crippen LogP contribution in [0.3, 0.4) is 0 Å². The van der Waals surface area contributed by atoms with Crippen LogP contribution in [0, 0.1) is 17.0 Å². The quantitative estimate of drug-likeness (QED) is 0.640. The van der Waals surface area contributed by atoms with Crippen LogP contribution in [0.5, 0.6) is 0 Å². The van der Waals surface area contributed by atoms with Gasteiger partial charge in [0, 0.05) is 37.6 Å². The summed E-state index contributed by atoms with van der Waals surface area (Å²) in [4.78, 5) is 17.3. The second kappa shape index (κ2) is 5.55. The Morgan fingerprint density at radius 2 is 2.24 bits per heavy atom. The first-order chi connectivity index (χ1) is 10.2. The van der Waals surface area contributed by atoms with E-state index in [0.717, 1.165) is 37.4 Å². The monoisotopic (exact) mass is 286 g/mol. The molecule has 2 heterocycles. The molecule has 0 unspecified atom stereocenters. The number of para-hydroxylation sites is 2. The lowest BCUT2D eigenvalue weighted by Gasteiger charge is -2.27. The molecule has 0 saturated carbocycles. The first-order valence-electron chi connectivity index (χ1n) is 7.14. The highest BCUT2D eigenvalue weighted by Gasteiger charge is 2.29. The first-order valence-corrected chi connectivity index (χ1v) is 7.14. The van der Waals surface area contributed by atoms with E-state index in [4.69, 9.17) is 0 Å². The van der Waals surface area contributed by atoms with Crippen LogP contribution in [0.1, 0.15) is 18.7 Å². The highest BCUT2D eigenvalue weighted by atomic mass is 16.6. The molecule has 1 aliphatic heterocycles. The molecule has 1 aromatic heterocycles. The van der Waals surface area contributed by atoms with Crippen molar-refractivity contribution in [1.29, 1.82) is 0 Å². The number of nitro groups is 1. The molecule has 1 aromatic carbocycles. The molecule has 21 heavy (non-hydrogen) atoms. The van der Waals surface area contributed by atoms with E-state index in [1.54, 1.807) is 18.3 Å². The van der Waals surface area contributed by atoms with Crippen LogP contribution in [0.2, 0.25) is 0 Å². The Kier molecular flexibility index (Phi) is 3.60. The maximum atomic E-state index is 11.2. The SMILES string of the molecule is Cc1nccn1C[C@@H]1CCCN1c1ccccc1[N+](=O)[O-]. The number of imidazole rings is 1. The van der Waals surface area contributed by atoms with Crippen molar-refractivity contribution in [3.8, 4) is 0 Å². The van der Waals surface area contributed by atoms with Crippen molar-refractivity contribution in [3.05, 3.63) is 52.6 Å². The van der Waals surface area contributed by atoms with Gasteiger partial charge in [0.1, 0.15) is 11.5 Å². The minimum atomic E-state index is -0.298. The number of hydrogen-bond acceptors (Lipinski definition) is 4. The van der Waals surface area contributed by atoms with Crippen LogP contribution in [0.4, 0.5) is 11.4 Å². The van der Waals surface area contributed by atoms with Crippen LogP contribution in [-0.4, -0.2) is 27.1 Å². The number of benzene rings is 1. The molecule has 1 aliphatic rings. The molecule has 0 amide bonds. The maximum Gasteiger partial charge on any atom is 0.292 e. The molecule has 110 valence electrons. The fourth-order valence-electron chi connectivity index (χ4n) is 3.03. The third-order valence-electron chi connectivity index (χ3n) is 4.10. The summed E-state index contributed by atoms with van der Waals surface area (Å²) in [7, 11) is 0. The molecule has 0 radical (unpaired) electrons. The predicted octanol–water partition coefficient (Wildman–Crippen LogP) is 2.77. The van der Waals surface area contributed by atoms with E-state index in [9.17, 15) is 10.1 Å². The number of hydrogen-bond donors (Lipinski definition) is 0. The summed E-state index contributed by atoms with van der Waals surface area (Å²) in [6.07, 6.45) is 5.86. The van der Waals surface area contributed by atoms with Gasteiger partial charge in [-0.1, -0.05) is 12.1 Å². The van der Waals surface area contributed by atoms with Crippen molar-refractivity contribution in [1.82, 2.24) is 9.55 Å². The summed E-state index contributed by atoms with van der Waals surface area (Å²) in [6.45, 7) is 3.66. The number of aryl methyl sites for hydroxylation is 1. The van der Waals surface area contributed by atoms with Crippen LogP contribution >= 0.6 is 0 Å². The summed E-state index contributed by atoms with van der Waals surface area (Å²) >= 11 is 0. The second-order valence-electron chi connectivity index (χ2n) is 5.36. The molecule has 1 atom stereocenters. The topological polar surface area (TPSA) is 64.2 Å². The number of nitrogens with zero attached hydrogens (tertiary/aromatic N) is 4. The van der Waals surface area contributed by atoms with Crippen LogP contribution in [-0.2, 0) is 6.54 Å². The third kappa shape index (κ3) is 2.61. The van der Waals surface area contributed by atoms with Crippen molar-refractivity contribution in [2.45, 2.75) is 32.4 Å². The van der Waals surface area contributed by atoms with E-state index in [2.05, 4.69) is 14.5 Å². The van der Waals surface area contributed by atoms with Crippen molar-refractivity contribution < 1.29 is 4.92 Å². The van der Waals surface area contributed by atoms with Gasteiger partial charge in [0.05, 0.1) is 4.92 Å². The average molecular weight is 286 g/mol. The highest BCUT2D eigenvalue weighted by molar-refractivity contribution is 5.64. The summed E-state index contributed by atoms with van der Waals surface area (Å²) < 4.78 is 2.11. The Morgan fingerprint density at radius 1 is 1.43 bits per heavy atom. The summed E-state index contributed by atoms with van der Waals surface area (Å²) in [5.74, 6) is 0.976. The van der Waals surface area contributed by atoms with Gasteiger partial charge in [-0.3, -0.25) is 10.1 Å². The van der Waals surface area contributed by atoms with E-state index in [0.29, 0.717) is 0 Å². The van der Waals surface area contributed by atoms with E-state index in [-0.39, 0.29) is 16.7 Å². The Morgan fingerprint density at radius 3 is 2.95 bits per heavy atom. The molecule has 0 N–H and O–H groups in total. The fraction of sp³-hybridized carbons (Fsp3) is 0.400. The van der Waals surface area contributed by atoms with Gasteiger partial charge in [0.25, 0.3) is 5.69 Å². The van der Waals surface area contributed by atoms with Crippen molar-refractivity contribution in [3.63, 3.8) is 0 Å². The molecular weight excluding hydrogens is 268 g/mol. The molecule has 3 rings (SSSR count). The Hall–Kier alpha value is -2.37. The standard InChI is InChI=1S/C15H18N4O2/c1-12-16-8-10-17(12)11-13-5-4-9-18(13)14-6-2-3-7-15(14)19(20)21/h2-3,6-8,10,13H,4-5,9,11H2,1H3/t13-/m0/s1. The lowest BCUT2D eigenvalue weighted by atomic mass is 10.2. The number of aromatic nitrogens is 2. The Bertz CT molecular complexity index is 653. The van der Waals surface area contributed by atoms with E-state index >= 15 is 0 Å². The summed E-state index contributed by atoms with van der Waals surface area (Å²) in [5.41, 5.74) is 0.912. The van der Waals surface area contributed by atoms with Gasteiger partial charge in [0.2, 0.25) is 0 Å². The Balaban J connectivity index is 1.88. The molecule has 0 bridgehead atoms. The molecule has 1 fully saturated rings. The predicted molar refractivity (Wildman–Crippen MR) is 80.4 cm³/mol. The van der Waals surface area contributed by atoms with Gasteiger partial charge in [-0.05, 0) is 25.8 Å². The van der Waals surface area contributed by atoms with Crippen LogP contribution in [0.25, 0.3) is 0 Å². The Labute approximate surface area is 123 Å². The van der Waals surface area contributed by atoms with Crippen molar-refractivity contribution in [2.24, 2.45) is 0 Å². The molecular formula is C15H18N4O2. The van der Waals surface area contributed by atoms with Crippen LogP contribution < -0.4 is 4.90 Å². The van der Waals surface area contributed by atoms with Gasteiger partial charge in [-0.2, -0.15) is 0 Å². The zero-order valence-electron chi connectivity index (χ0n) is 12.0. The molecule has 0 spiro atoms. The molecule has 6 heteroatoms. The van der Waals surface area contributed by atoms with Gasteiger partial charge in [0.15, 0.2) is 0 Å². The second-order valence-corrected chi connectivity index (χ2v) is 5.36. The largest absolute Gasteiger partial charge is 0.361 e. The summed E-state index contributed by atoms with van der Waals surface area (Å²) in [5, 5.41) is 11.2. The maximum absolute atomic E-state index is 11.2. The lowest BCUT2D eigenvalue weighted by molar-refractivity contribution is -0.384.